The van der Waals surface area contributed by atoms with Gasteiger partial charge < -0.3 is 19.8 Å². The molecule has 1 aliphatic heterocycles. The van der Waals surface area contributed by atoms with Crippen LogP contribution in [0.15, 0.2) is 42.6 Å². The van der Waals surface area contributed by atoms with Crippen molar-refractivity contribution >= 4 is 33.8 Å². The number of rotatable bonds is 4. The van der Waals surface area contributed by atoms with Gasteiger partial charge in [-0.05, 0) is 55.2 Å². The third kappa shape index (κ3) is 3.41. The van der Waals surface area contributed by atoms with Crippen LogP contribution in [0.5, 0.6) is 0 Å². The van der Waals surface area contributed by atoms with Crippen LogP contribution in [0.3, 0.4) is 0 Å². The number of aromatic nitrogens is 4. The van der Waals surface area contributed by atoms with E-state index >= 15 is 0 Å². The molecule has 3 aromatic heterocycles. The quantitative estimate of drug-likeness (QED) is 0.524. The molecule has 2 aliphatic rings. The Morgan fingerprint density at radius 3 is 2.85 bits per heavy atom. The molecule has 1 aliphatic carbocycles. The molecule has 1 atom stereocenters. The molecule has 0 bridgehead atoms. The molecule has 1 saturated carbocycles. The van der Waals surface area contributed by atoms with E-state index < -0.39 is 6.04 Å². The number of imidazole rings is 1. The summed E-state index contributed by atoms with van der Waals surface area (Å²) in [5.41, 5.74) is 10.2. The van der Waals surface area contributed by atoms with Crippen molar-refractivity contribution in [3.8, 4) is 11.5 Å². The number of nitrogens with two attached hydrogens (primary N) is 1. The molecule has 168 valence electrons. The normalized spacial score (nSPS) is 19.0. The zero-order chi connectivity index (χ0) is 22.7. The molecule has 0 unspecified atom stereocenters. The highest BCUT2D eigenvalue weighted by Gasteiger charge is 2.29. The van der Waals surface area contributed by atoms with E-state index in [0.717, 1.165) is 40.1 Å². The van der Waals surface area contributed by atoms with Crippen molar-refractivity contribution < 1.29 is 9.59 Å². The molecular weight excluding hydrogens is 416 g/mol. The summed E-state index contributed by atoms with van der Waals surface area (Å²) in [6, 6.07) is 11.2. The smallest absolute Gasteiger partial charge is 0.254 e. The Morgan fingerprint density at radius 1 is 1.21 bits per heavy atom. The fraction of sp³-hybridized carbons (Fsp3) is 0.360. The van der Waals surface area contributed by atoms with Crippen LogP contribution >= 0.6 is 0 Å². The number of Topliss-reactive ketones (excluding diaryl/α,β-unsaturated/α-hetero) is 1. The van der Waals surface area contributed by atoms with E-state index in [4.69, 9.17) is 10.7 Å². The number of piperidine rings is 1. The third-order valence-corrected chi connectivity index (χ3v) is 6.90. The van der Waals surface area contributed by atoms with Crippen molar-refractivity contribution in [1.82, 2.24) is 24.0 Å². The van der Waals surface area contributed by atoms with Crippen molar-refractivity contribution in [1.29, 1.82) is 0 Å². The summed E-state index contributed by atoms with van der Waals surface area (Å²) in [6.45, 7) is 1.61. The lowest BCUT2D eigenvalue weighted by atomic mass is 10.0. The summed E-state index contributed by atoms with van der Waals surface area (Å²) in [4.78, 5) is 36.0. The van der Waals surface area contributed by atoms with Gasteiger partial charge >= 0.3 is 0 Å². The molecule has 2 N–H and O–H groups in total. The van der Waals surface area contributed by atoms with Crippen LogP contribution in [-0.4, -0.2) is 54.8 Å². The highest BCUT2D eigenvalue weighted by Crippen LogP contribution is 2.36. The standard InChI is InChI=1S/C25H26N6O2/c1-29-20-7-6-17(25(33)30-10-8-22(32)18(26)14-30)11-19(20)28-24(29)21-12-16-3-2-9-27-23(16)31(21)13-15-4-5-15/h2-3,6-7,9,11-12,15,18H,4-5,8,10,13-14,26H2,1H3/t18-/m0/s1. The number of aryl methyl sites for hydroxylation is 1. The van der Waals surface area contributed by atoms with Crippen molar-refractivity contribution in [2.75, 3.05) is 13.1 Å². The zero-order valence-corrected chi connectivity index (χ0v) is 18.6. The van der Waals surface area contributed by atoms with Gasteiger partial charge in [-0.2, -0.15) is 0 Å². The number of nitrogens with zero attached hydrogens (tertiary/aromatic N) is 5. The van der Waals surface area contributed by atoms with E-state index in [1.165, 1.54) is 12.8 Å². The molecule has 33 heavy (non-hydrogen) atoms. The van der Waals surface area contributed by atoms with Crippen LogP contribution in [0.25, 0.3) is 33.6 Å². The maximum Gasteiger partial charge on any atom is 0.254 e. The molecule has 2 fully saturated rings. The average molecular weight is 443 g/mol. The predicted octanol–water partition coefficient (Wildman–Crippen LogP) is 2.74. The fourth-order valence-electron chi connectivity index (χ4n) is 4.81. The van der Waals surface area contributed by atoms with Gasteiger partial charge in [-0.3, -0.25) is 9.59 Å². The van der Waals surface area contributed by atoms with E-state index in [0.29, 0.717) is 24.4 Å². The van der Waals surface area contributed by atoms with Gasteiger partial charge in [0.1, 0.15) is 5.65 Å². The molecular formula is C25H26N6O2. The Bertz CT molecular complexity index is 1410. The maximum absolute atomic E-state index is 13.1. The number of hydrogen-bond acceptors (Lipinski definition) is 5. The Balaban J connectivity index is 1.40. The van der Waals surface area contributed by atoms with Gasteiger partial charge in [0.2, 0.25) is 0 Å². The number of hydrogen-bond donors (Lipinski definition) is 1. The first-order valence-corrected chi connectivity index (χ1v) is 11.5. The molecule has 1 aromatic carbocycles. The van der Waals surface area contributed by atoms with Crippen molar-refractivity contribution in [3.63, 3.8) is 0 Å². The lowest BCUT2D eigenvalue weighted by molar-refractivity contribution is -0.122. The third-order valence-electron chi connectivity index (χ3n) is 6.90. The van der Waals surface area contributed by atoms with Crippen LogP contribution in [0.1, 0.15) is 29.6 Å². The first-order valence-electron chi connectivity index (χ1n) is 11.5. The zero-order valence-electron chi connectivity index (χ0n) is 18.6. The number of carbonyl (C=O) groups excluding carboxylic acids is 2. The summed E-state index contributed by atoms with van der Waals surface area (Å²) in [7, 11) is 2.01. The number of ketones is 1. The first kappa shape index (κ1) is 20.1. The Morgan fingerprint density at radius 2 is 2.06 bits per heavy atom. The molecule has 8 heteroatoms. The maximum atomic E-state index is 13.1. The second-order valence-corrected chi connectivity index (χ2v) is 9.27. The number of benzene rings is 1. The van der Waals surface area contributed by atoms with Gasteiger partial charge in [-0.1, -0.05) is 0 Å². The summed E-state index contributed by atoms with van der Waals surface area (Å²) in [6.07, 6.45) is 4.66. The monoisotopic (exact) mass is 442 g/mol. The highest BCUT2D eigenvalue weighted by atomic mass is 16.2. The molecule has 1 saturated heterocycles. The van der Waals surface area contributed by atoms with E-state index in [2.05, 4.69) is 26.3 Å². The van der Waals surface area contributed by atoms with E-state index in [1.54, 1.807) is 4.90 Å². The van der Waals surface area contributed by atoms with Crippen LogP contribution in [0.2, 0.25) is 0 Å². The molecule has 0 spiro atoms. The van der Waals surface area contributed by atoms with Crippen molar-refractivity contribution in [3.05, 3.63) is 48.2 Å². The van der Waals surface area contributed by atoms with E-state index in [-0.39, 0.29) is 18.2 Å². The number of likely N-dealkylation sites (tertiary alicyclic amines) is 1. The fourth-order valence-corrected chi connectivity index (χ4v) is 4.81. The summed E-state index contributed by atoms with van der Waals surface area (Å²) in [5, 5.41) is 1.10. The van der Waals surface area contributed by atoms with Gasteiger partial charge in [-0.15, -0.1) is 0 Å². The lowest BCUT2D eigenvalue weighted by Crippen LogP contribution is -2.50. The van der Waals surface area contributed by atoms with E-state index in [9.17, 15) is 9.59 Å². The van der Waals surface area contributed by atoms with Crippen molar-refractivity contribution in [2.24, 2.45) is 18.7 Å². The van der Waals surface area contributed by atoms with Gasteiger partial charge in [-0.25, -0.2) is 9.97 Å². The van der Waals surface area contributed by atoms with Crippen molar-refractivity contribution in [2.45, 2.75) is 31.8 Å². The van der Waals surface area contributed by atoms with Gasteiger partial charge in [0.15, 0.2) is 11.6 Å². The number of carbonyl (C=O) groups is 2. The van der Waals surface area contributed by atoms with Gasteiger partial charge in [0.25, 0.3) is 5.91 Å². The van der Waals surface area contributed by atoms with Gasteiger partial charge in [0, 0.05) is 50.2 Å². The minimum absolute atomic E-state index is 0.0138. The van der Waals surface area contributed by atoms with Crippen LogP contribution in [0.4, 0.5) is 0 Å². The topological polar surface area (TPSA) is 99.0 Å². The predicted molar refractivity (Wildman–Crippen MR) is 126 cm³/mol. The van der Waals surface area contributed by atoms with Crippen LogP contribution in [-0.2, 0) is 18.4 Å². The minimum Gasteiger partial charge on any atom is -0.336 e. The SMILES string of the molecule is Cn1c(-c2cc3cccnc3n2CC2CC2)nc2cc(C(=O)N3CCC(=O)[C@@H](N)C3)ccc21. The molecule has 0 radical (unpaired) electrons. The van der Waals surface area contributed by atoms with Crippen LogP contribution < -0.4 is 5.73 Å². The molecule has 4 aromatic rings. The summed E-state index contributed by atoms with van der Waals surface area (Å²) >= 11 is 0. The van der Waals surface area contributed by atoms with Gasteiger partial charge in [0.05, 0.1) is 22.8 Å². The molecule has 8 nitrogen and oxygen atoms in total. The minimum atomic E-state index is -0.602. The van der Waals surface area contributed by atoms with Crippen LogP contribution in [0, 0.1) is 5.92 Å². The first-order chi connectivity index (χ1) is 16.0. The molecule has 1 amide bonds. The number of pyridine rings is 1. The second kappa shape index (κ2) is 7.52. The number of amides is 1. The Hall–Kier alpha value is -3.52. The second-order valence-electron chi connectivity index (χ2n) is 9.27. The van der Waals surface area contributed by atoms with E-state index in [1.807, 2.05) is 37.5 Å². The Kier molecular flexibility index (Phi) is 4.58. The molecule has 4 heterocycles. The highest BCUT2D eigenvalue weighted by molar-refractivity contribution is 5.99. The Labute approximate surface area is 191 Å². The average Bonchev–Trinajstić information content (AvgIpc) is 3.49. The molecule has 6 rings (SSSR count). The summed E-state index contributed by atoms with van der Waals surface area (Å²) in [5.74, 6) is 1.46. The lowest BCUT2D eigenvalue weighted by Gasteiger charge is -2.29. The largest absolute Gasteiger partial charge is 0.336 e. The summed E-state index contributed by atoms with van der Waals surface area (Å²) < 4.78 is 4.36. The number of fused-ring (bicyclic) bond motifs is 2.